The van der Waals surface area contributed by atoms with Gasteiger partial charge in [-0.3, -0.25) is 0 Å². The summed E-state index contributed by atoms with van der Waals surface area (Å²) in [5.41, 5.74) is 1.11. The third-order valence-electron chi connectivity index (χ3n) is 2.89. The molecule has 1 heterocycles. The van der Waals surface area contributed by atoms with Crippen LogP contribution in [-0.2, 0) is 6.54 Å². The summed E-state index contributed by atoms with van der Waals surface area (Å²) in [7, 11) is 0. The number of piperidine rings is 1. The van der Waals surface area contributed by atoms with Gasteiger partial charge in [-0.15, -0.1) is 0 Å². The lowest BCUT2D eigenvalue weighted by atomic mass is 10.1. The minimum atomic E-state index is 0.556. The Labute approximate surface area is 106 Å². The van der Waals surface area contributed by atoms with Gasteiger partial charge in [-0.1, -0.05) is 29.3 Å². The number of hydrogen-bond donors (Lipinski definition) is 2. The summed E-state index contributed by atoms with van der Waals surface area (Å²) in [4.78, 5) is 0. The molecule has 0 amide bonds. The van der Waals surface area contributed by atoms with Crippen molar-refractivity contribution >= 4 is 23.2 Å². The Morgan fingerprint density at radius 1 is 1.38 bits per heavy atom. The summed E-state index contributed by atoms with van der Waals surface area (Å²) in [6.45, 7) is 2.99. The zero-order valence-electron chi connectivity index (χ0n) is 9.10. The molecule has 88 valence electrons. The van der Waals surface area contributed by atoms with Crippen molar-refractivity contribution < 1.29 is 0 Å². The topological polar surface area (TPSA) is 24.1 Å². The Kier molecular flexibility index (Phi) is 4.47. The first-order chi connectivity index (χ1) is 7.75. The first kappa shape index (κ1) is 12.2. The second-order valence-electron chi connectivity index (χ2n) is 4.16. The molecule has 0 aliphatic carbocycles. The lowest BCUT2D eigenvalue weighted by molar-refractivity contribution is 0.389. The van der Waals surface area contributed by atoms with Gasteiger partial charge < -0.3 is 10.6 Å². The lowest BCUT2D eigenvalue weighted by Crippen LogP contribution is -2.42. The summed E-state index contributed by atoms with van der Waals surface area (Å²) in [6.07, 6.45) is 2.48. The quantitative estimate of drug-likeness (QED) is 0.872. The van der Waals surface area contributed by atoms with E-state index in [9.17, 15) is 0 Å². The number of nitrogens with one attached hydrogen (secondary N) is 2. The van der Waals surface area contributed by atoms with Crippen LogP contribution in [0.5, 0.6) is 0 Å². The van der Waals surface area contributed by atoms with E-state index in [2.05, 4.69) is 10.6 Å². The van der Waals surface area contributed by atoms with Crippen molar-refractivity contribution in [3.8, 4) is 0 Å². The summed E-state index contributed by atoms with van der Waals surface area (Å²) in [5.74, 6) is 0. The van der Waals surface area contributed by atoms with E-state index in [-0.39, 0.29) is 0 Å². The molecule has 1 fully saturated rings. The predicted octanol–water partition coefficient (Wildman–Crippen LogP) is 2.84. The third kappa shape index (κ3) is 3.36. The molecule has 1 aliphatic rings. The van der Waals surface area contributed by atoms with E-state index in [0.29, 0.717) is 11.1 Å². The van der Waals surface area contributed by atoms with E-state index >= 15 is 0 Å². The molecule has 16 heavy (non-hydrogen) atoms. The Bertz CT molecular complexity index is 349. The maximum Gasteiger partial charge on any atom is 0.0465 e. The predicted molar refractivity (Wildman–Crippen MR) is 69.2 cm³/mol. The van der Waals surface area contributed by atoms with Gasteiger partial charge in [0.15, 0.2) is 0 Å². The van der Waals surface area contributed by atoms with Crippen molar-refractivity contribution in [2.75, 3.05) is 13.1 Å². The zero-order chi connectivity index (χ0) is 11.4. The molecule has 1 saturated heterocycles. The van der Waals surface area contributed by atoms with Crippen molar-refractivity contribution in [1.29, 1.82) is 0 Å². The lowest BCUT2D eigenvalue weighted by Gasteiger charge is -2.24. The smallest absolute Gasteiger partial charge is 0.0465 e. The number of hydrogen-bond acceptors (Lipinski definition) is 2. The van der Waals surface area contributed by atoms with Gasteiger partial charge in [0.25, 0.3) is 0 Å². The minimum Gasteiger partial charge on any atom is -0.315 e. The van der Waals surface area contributed by atoms with Crippen LogP contribution in [0.3, 0.4) is 0 Å². The molecule has 2 N–H and O–H groups in total. The molecular weight excluding hydrogens is 243 g/mol. The van der Waals surface area contributed by atoms with Crippen molar-refractivity contribution in [2.24, 2.45) is 0 Å². The first-order valence-corrected chi connectivity index (χ1v) is 6.39. The Hall–Kier alpha value is -0.280. The molecule has 1 aliphatic heterocycles. The monoisotopic (exact) mass is 258 g/mol. The van der Waals surface area contributed by atoms with Crippen molar-refractivity contribution in [1.82, 2.24) is 10.6 Å². The van der Waals surface area contributed by atoms with Gasteiger partial charge in [0.05, 0.1) is 0 Å². The van der Waals surface area contributed by atoms with Crippen LogP contribution in [0.4, 0.5) is 0 Å². The number of benzene rings is 1. The standard InChI is InChI=1S/C12H16Cl2N2/c13-10-4-3-9(12(14)6-10)7-16-11-2-1-5-15-8-11/h3-4,6,11,15-16H,1-2,5,7-8H2. The van der Waals surface area contributed by atoms with E-state index in [4.69, 9.17) is 23.2 Å². The molecule has 0 aromatic heterocycles. The van der Waals surface area contributed by atoms with Gasteiger partial charge in [0, 0.05) is 29.2 Å². The van der Waals surface area contributed by atoms with E-state index in [1.807, 2.05) is 12.1 Å². The minimum absolute atomic E-state index is 0.556. The fourth-order valence-electron chi connectivity index (χ4n) is 1.95. The molecule has 1 unspecified atom stereocenters. The second kappa shape index (κ2) is 5.87. The first-order valence-electron chi connectivity index (χ1n) is 5.64. The number of rotatable bonds is 3. The van der Waals surface area contributed by atoms with Gasteiger partial charge in [0.1, 0.15) is 0 Å². The molecule has 2 rings (SSSR count). The largest absolute Gasteiger partial charge is 0.315 e. The normalized spacial score (nSPS) is 21.0. The van der Waals surface area contributed by atoms with Gasteiger partial charge in [0.2, 0.25) is 0 Å². The van der Waals surface area contributed by atoms with Crippen molar-refractivity contribution in [3.05, 3.63) is 33.8 Å². The van der Waals surface area contributed by atoms with Crippen LogP contribution in [0.25, 0.3) is 0 Å². The molecule has 0 bridgehead atoms. The fourth-order valence-corrected chi connectivity index (χ4v) is 2.42. The summed E-state index contributed by atoms with van der Waals surface area (Å²) < 4.78 is 0. The molecule has 4 heteroatoms. The van der Waals surface area contributed by atoms with Crippen LogP contribution >= 0.6 is 23.2 Å². The molecule has 1 atom stereocenters. The maximum absolute atomic E-state index is 6.11. The van der Waals surface area contributed by atoms with Crippen LogP contribution in [0, 0.1) is 0 Å². The molecule has 0 saturated carbocycles. The number of halogens is 2. The summed E-state index contributed by atoms with van der Waals surface area (Å²) >= 11 is 12.0. The van der Waals surface area contributed by atoms with Crippen LogP contribution < -0.4 is 10.6 Å². The molecular formula is C12H16Cl2N2. The SMILES string of the molecule is Clc1ccc(CNC2CCCNC2)c(Cl)c1. The fraction of sp³-hybridized carbons (Fsp3) is 0.500. The van der Waals surface area contributed by atoms with Crippen LogP contribution in [0.1, 0.15) is 18.4 Å². The maximum atomic E-state index is 6.11. The third-order valence-corrected chi connectivity index (χ3v) is 3.48. The van der Waals surface area contributed by atoms with Gasteiger partial charge in [-0.05, 0) is 37.1 Å². The second-order valence-corrected chi connectivity index (χ2v) is 5.00. The molecule has 2 nitrogen and oxygen atoms in total. The van der Waals surface area contributed by atoms with Crippen LogP contribution in [-0.4, -0.2) is 19.1 Å². The highest BCUT2D eigenvalue weighted by molar-refractivity contribution is 6.35. The van der Waals surface area contributed by atoms with E-state index in [1.54, 1.807) is 6.07 Å². The van der Waals surface area contributed by atoms with Crippen molar-refractivity contribution in [2.45, 2.75) is 25.4 Å². The van der Waals surface area contributed by atoms with Crippen LogP contribution in [0.2, 0.25) is 10.0 Å². The van der Waals surface area contributed by atoms with E-state index in [0.717, 1.165) is 30.2 Å². The Balaban J connectivity index is 1.88. The molecule has 0 radical (unpaired) electrons. The van der Waals surface area contributed by atoms with Gasteiger partial charge >= 0.3 is 0 Å². The zero-order valence-corrected chi connectivity index (χ0v) is 10.6. The highest BCUT2D eigenvalue weighted by Gasteiger charge is 2.12. The van der Waals surface area contributed by atoms with Crippen molar-refractivity contribution in [3.63, 3.8) is 0 Å². The van der Waals surface area contributed by atoms with Gasteiger partial charge in [-0.25, -0.2) is 0 Å². The highest BCUT2D eigenvalue weighted by Crippen LogP contribution is 2.21. The Morgan fingerprint density at radius 2 is 2.25 bits per heavy atom. The van der Waals surface area contributed by atoms with E-state index < -0.39 is 0 Å². The Morgan fingerprint density at radius 3 is 2.94 bits per heavy atom. The highest BCUT2D eigenvalue weighted by atomic mass is 35.5. The average molecular weight is 259 g/mol. The van der Waals surface area contributed by atoms with Crippen LogP contribution in [0.15, 0.2) is 18.2 Å². The summed E-state index contributed by atoms with van der Waals surface area (Å²) in [5, 5.41) is 8.31. The van der Waals surface area contributed by atoms with Gasteiger partial charge in [-0.2, -0.15) is 0 Å². The molecule has 0 spiro atoms. The molecule has 1 aromatic carbocycles. The van der Waals surface area contributed by atoms with E-state index in [1.165, 1.54) is 12.8 Å². The molecule has 1 aromatic rings. The summed E-state index contributed by atoms with van der Waals surface area (Å²) in [6, 6.07) is 6.21. The average Bonchev–Trinajstić information content (AvgIpc) is 2.29.